The van der Waals surface area contributed by atoms with Gasteiger partial charge in [0.15, 0.2) is 23.8 Å². The Kier molecular flexibility index (Phi) is 2.12. The average molecular weight is 253 g/mol. The zero-order chi connectivity index (χ0) is 12.8. The first-order valence-corrected chi connectivity index (χ1v) is 6.32. The first-order chi connectivity index (χ1) is 9.31. The summed E-state index contributed by atoms with van der Waals surface area (Å²) in [5.74, 6) is 2.46. The summed E-state index contributed by atoms with van der Waals surface area (Å²) < 4.78 is 13.8. The number of hydrogen-bond donors (Lipinski definition) is 0. The van der Waals surface area contributed by atoms with Gasteiger partial charge in [-0.05, 0) is 12.1 Å². The standard InChI is InChI=1S/C15H13N2O2/c1-17-6-7-18-15-8-11-14(9-12(15)17)19-13-5-3-2-4-10(13)16-11/h2-5,8-9H,6-7H2,1H3/q+1. The summed E-state index contributed by atoms with van der Waals surface area (Å²) in [6, 6.07) is 11.7. The van der Waals surface area contributed by atoms with E-state index in [9.17, 15) is 0 Å². The van der Waals surface area contributed by atoms with Gasteiger partial charge in [-0.3, -0.25) is 0 Å². The molecule has 2 aliphatic heterocycles. The minimum Gasteiger partial charge on any atom is -0.480 e. The van der Waals surface area contributed by atoms with Crippen LogP contribution in [0.25, 0.3) is 0 Å². The number of fused-ring (bicyclic) bond motifs is 3. The molecule has 94 valence electrons. The van der Waals surface area contributed by atoms with Crippen molar-refractivity contribution in [1.82, 2.24) is 4.58 Å². The van der Waals surface area contributed by atoms with Crippen LogP contribution in [-0.2, 0) is 0 Å². The normalized spacial score (nSPS) is 15.3. The second-order valence-corrected chi connectivity index (χ2v) is 4.74. The molecule has 0 aromatic heterocycles. The molecule has 0 atom stereocenters. The van der Waals surface area contributed by atoms with E-state index >= 15 is 0 Å². The molecule has 19 heavy (non-hydrogen) atoms. The minimum atomic E-state index is 0.708. The summed E-state index contributed by atoms with van der Waals surface area (Å²) in [6.45, 7) is 1.60. The number of para-hydroxylation sites is 2. The predicted molar refractivity (Wildman–Crippen MR) is 70.9 cm³/mol. The number of benzene rings is 2. The molecule has 0 saturated carbocycles. The molecule has 0 radical (unpaired) electrons. The molecule has 4 rings (SSSR count). The highest BCUT2D eigenvalue weighted by Crippen LogP contribution is 2.33. The van der Waals surface area contributed by atoms with E-state index in [2.05, 4.69) is 16.6 Å². The molecule has 0 amide bonds. The summed E-state index contributed by atoms with van der Waals surface area (Å²) in [5, 5.41) is 1.88. The van der Waals surface area contributed by atoms with E-state index in [-0.39, 0.29) is 0 Å². The van der Waals surface area contributed by atoms with Crippen molar-refractivity contribution < 1.29 is 9.47 Å². The molecule has 2 aromatic rings. The van der Waals surface area contributed by atoms with Crippen LogP contribution in [0.4, 0.5) is 5.69 Å². The van der Waals surface area contributed by atoms with Crippen molar-refractivity contribution >= 4 is 5.69 Å². The van der Waals surface area contributed by atoms with Crippen LogP contribution >= 0.6 is 0 Å². The number of ether oxygens (including phenoxy) is 2. The molecule has 0 unspecified atom stereocenters. The summed E-state index contributed by atoms with van der Waals surface area (Å²) >= 11 is 0. The maximum absolute atomic E-state index is 5.92. The van der Waals surface area contributed by atoms with Gasteiger partial charge in [0.1, 0.15) is 24.7 Å². The van der Waals surface area contributed by atoms with E-state index in [1.807, 2.05) is 36.4 Å². The minimum absolute atomic E-state index is 0.708. The van der Waals surface area contributed by atoms with E-state index < -0.39 is 0 Å². The van der Waals surface area contributed by atoms with Crippen LogP contribution < -0.4 is 24.8 Å². The largest absolute Gasteiger partial charge is 0.480 e. The number of likely N-dealkylation sites (N-methyl/N-ethyl adjacent to an activating group) is 1. The molecule has 0 aliphatic carbocycles. The zero-order valence-corrected chi connectivity index (χ0v) is 10.6. The highest BCUT2D eigenvalue weighted by atomic mass is 16.5. The van der Waals surface area contributed by atoms with Gasteiger partial charge in [0.2, 0.25) is 5.36 Å². The third kappa shape index (κ3) is 1.60. The van der Waals surface area contributed by atoms with E-state index in [0.29, 0.717) is 6.61 Å². The molecule has 2 heterocycles. The SMILES string of the molecule is C[N+]1=c2cc3c(cc2OCC1)=Nc1ccccc1O3. The Hall–Kier alpha value is -2.36. The number of rotatable bonds is 0. The van der Waals surface area contributed by atoms with Crippen molar-refractivity contribution in [3.8, 4) is 17.2 Å². The Labute approximate surface area is 110 Å². The molecule has 0 spiro atoms. The molecule has 0 N–H and O–H groups in total. The lowest BCUT2D eigenvalue weighted by Crippen LogP contribution is -2.37. The molecule has 0 fully saturated rings. The lowest BCUT2D eigenvalue weighted by atomic mass is 10.2. The smallest absolute Gasteiger partial charge is 0.246 e. The first kappa shape index (κ1) is 10.6. The summed E-state index contributed by atoms with van der Waals surface area (Å²) in [5.41, 5.74) is 0.860. The third-order valence-corrected chi connectivity index (χ3v) is 3.46. The quantitative estimate of drug-likeness (QED) is 0.565. The summed E-state index contributed by atoms with van der Waals surface area (Å²) in [4.78, 5) is 4.62. The second-order valence-electron chi connectivity index (χ2n) is 4.74. The van der Waals surface area contributed by atoms with Crippen molar-refractivity contribution in [1.29, 1.82) is 0 Å². The Morgan fingerprint density at radius 1 is 1.11 bits per heavy atom. The Morgan fingerprint density at radius 3 is 2.95 bits per heavy atom. The van der Waals surface area contributed by atoms with Gasteiger partial charge in [0.25, 0.3) is 0 Å². The fraction of sp³-hybridized carbons (Fsp3) is 0.200. The molecule has 0 bridgehead atoms. The van der Waals surface area contributed by atoms with Crippen LogP contribution in [0.2, 0.25) is 0 Å². The van der Waals surface area contributed by atoms with E-state index in [1.165, 1.54) is 0 Å². The van der Waals surface area contributed by atoms with Crippen molar-refractivity contribution in [2.24, 2.45) is 4.99 Å². The van der Waals surface area contributed by atoms with Gasteiger partial charge in [0, 0.05) is 6.07 Å². The van der Waals surface area contributed by atoms with Gasteiger partial charge in [-0.25, -0.2) is 9.57 Å². The highest BCUT2D eigenvalue weighted by molar-refractivity contribution is 5.56. The number of nitrogens with zero attached hydrogens (tertiary/aromatic N) is 2. The van der Waals surface area contributed by atoms with Crippen LogP contribution in [0.3, 0.4) is 0 Å². The maximum atomic E-state index is 5.92. The van der Waals surface area contributed by atoms with Gasteiger partial charge in [-0.2, -0.15) is 0 Å². The van der Waals surface area contributed by atoms with Crippen molar-refractivity contribution in [2.45, 2.75) is 0 Å². The van der Waals surface area contributed by atoms with E-state index in [4.69, 9.17) is 9.47 Å². The molecule has 2 aliphatic rings. The summed E-state index contributed by atoms with van der Waals surface area (Å²) in [6.07, 6.45) is 0. The average Bonchev–Trinajstić information content (AvgIpc) is 2.44. The fourth-order valence-electron chi connectivity index (χ4n) is 2.42. The lowest BCUT2D eigenvalue weighted by molar-refractivity contribution is 0.279. The first-order valence-electron chi connectivity index (χ1n) is 6.32. The zero-order valence-electron chi connectivity index (χ0n) is 10.6. The fourth-order valence-corrected chi connectivity index (χ4v) is 2.42. The van der Waals surface area contributed by atoms with Crippen LogP contribution in [0, 0.1) is 0 Å². The molecule has 4 nitrogen and oxygen atoms in total. The van der Waals surface area contributed by atoms with Crippen LogP contribution in [0.1, 0.15) is 0 Å². The second kappa shape index (κ2) is 3.82. The molecule has 4 heteroatoms. The molecular formula is C15H13N2O2+. The van der Waals surface area contributed by atoms with Crippen molar-refractivity contribution in [2.75, 3.05) is 20.2 Å². The Bertz CT molecular complexity index is 796. The van der Waals surface area contributed by atoms with E-state index in [1.54, 1.807) is 0 Å². The maximum Gasteiger partial charge on any atom is 0.246 e. The summed E-state index contributed by atoms with van der Waals surface area (Å²) in [7, 11) is 2.06. The number of hydrogen-bond acceptors (Lipinski definition) is 3. The molecule has 2 aromatic carbocycles. The predicted octanol–water partition coefficient (Wildman–Crippen LogP) is 1.26. The molecule has 0 saturated heterocycles. The monoisotopic (exact) mass is 253 g/mol. The lowest BCUT2D eigenvalue weighted by Gasteiger charge is -2.16. The van der Waals surface area contributed by atoms with E-state index in [0.717, 1.165) is 40.2 Å². The molecular weight excluding hydrogens is 240 g/mol. The van der Waals surface area contributed by atoms with Gasteiger partial charge < -0.3 is 9.47 Å². The van der Waals surface area contributed by atoms with Gasteiger partial charge >= 0.3 is 0 Å². The van der Waals surface area contributed by atoms with Crippen molar-refractivity contribution in [3.63, 3.8) is 0 Å². The van der Waals surface area contributed by atoms with Gasteiger partial charge in [-0.15, -0.1) is 0 Å². The van der Waals surface area contributed by atoms with Gasteiger partial charge in [-0.1, -0.05) is 12.1 Å². The van der Waals surface area contributed by atoms with Gasteiger partial charge in [0.05, 0.1) is 6.07 Å². The Balaban J connectivity index is 2.02. The van der Waals surface area contributed by atoms with Crippen molar-refractivity contribution in [3.05, 3.63) is 47.1 Å². The highest BCUT2D eigenvalue weighted by Gasteiger charge is 2.19. The van der Waals surface area contributed by atoms with Crippen LogP contribution in [-0.4, -0.2) is 20.2 Å². The third-order valence-electron chi connectivity index (χ3n) is 3.46. The van der Waals surface area contributed by atoms with Crippen LogP contribution in [0.5, 0.6) is 17.2 Å². The Morgan fingerprint density at radius 2 is 2.00 bits per heavy atom. The topological polar surface area (TPSA) is 33.8 Å². The van der Waals surface area contributed by atoms with Crippen LogP contribution in [0.15, 0.2) is 41.4 Å².